The van der Waals surface area contributed by atoms with Crippen LogP contribution in [0.1, 0.15) is 84.2 Å². The molecule has 2 N–H and O–H groups in total. The minimum absolute atomic E-state index is 0.100. The van der Waals surface area contributed by atoms with Gasteiger partial charge in [-0.25, -0.2) is 0 Å². The van der Waals surface area contributed by atoms with E-state index in [1.807, 2.05) is 18.2 Å². The lowest BCUT2D eigenvalue weighted by atomic mass is 9.78. The summed E-state index contributed by atoms with van der Waals surface area (Å²) < 4.78 is 11.9. The van der Waals surface area contributed by atoms with E-state index < -0.39 is 29.9 Å². The Balaban J connectivity index is 0.851. The molecule has 4 heterocycles. The maximum atomic E-state index is 13.3. The average Bonchev–Trinajstić information content (AvgIpc) is 3.44. The number of alkyl halides is 1. The monoisotopic (exact) mass is 756 g/mol. The summed E-state index contributed by atoms with van der Waals surface area (Å²) in [6.45, 7) is 9.09. The molecule has 0 aliphatic carbocycles. The molecule has 0 saturated carbocycles. The first-order valence-electron chi connectivity index (χ1n) is 19.1. The van der Waals surface area contributed by atoms with Gasteiger partial charge in [0.2, 0.25) is 11.8 Å². The van der Waals surface area contributed by atoms with Crippen molar-refractivity contribution in [3.8, 4) is 11.5 Å². The van der Waals surface area contributed by atoms with Crippen LogP contribution in [0.25, 0.3) is 0 Å². The van der Waals surface area contributed by atoms with Crippen molar-refractivity contribution in [2.45, 2.75) is 76.0 Å². The van der Waals surface area contributed by atoms with Crippen molar-refractivity contribution >= 4 is 40.9 Å². The molecule has 3 saturated heterocycles. The van der Waals surface area contributed by atoms with E-state index in [0.29, 0.717) is 35.4 Å². The Morgan fingerprint density at radius 2 is 1.41 bits per heavy atom. The second-order valence-electron chi connectivity index (χ2n) is 15.5. The van der Waals surface area contributed by atoms with Crippen molar-refractivity contribution in [2.24, 2.45) is 5.92 Å². The number of imide groups is 2. The van der Waals surface area contributed by atoms with Gasteiger partial charge in [0.25, 0.3) is 11.8 Å². The van der Waals surface area contributed by atoms with E-state index in [4.69, 9.17) is 21.1 Å². The van der Waals surface area contributed by atoms with Crippen LogP contribution in [-0.4, -0.2) is 102 Å². The summed E-state index contributed by atoms with van der Waals surface area (Å²) >= 11 is 5.66. The summed E-state index contributed by atoms with van der Waals surface area (Å²) in [5.41, 5.74) is 3.68. The molecule has 4 amide bonds. The SMILES string of the molecule is CC(C)(c1ccc(OCC2CCN(C3CCN(c4ccc5c(c4)C(=O)N(C4CCC(=O)NC4=O)C5=O)CC3)CC2)cc1)c1ccc(OC[C@H](O)CCl)cc1. The smallest absolute Gasteiger partial charge is 0.262 e. The van der Waals surface area contributed by atoms with Gasteiger partial charge in [0, 0.05) is 36.7 Å². The number of hydrogen-bond donors (Lipinski definition) is 2. The third-order valence-electron chi connectivity index (χ3n) is 11.7. The van der Waals surface area contributed by atoms with Crippen LogP contribution >= 0.6 is 11.6 Å². The van der Waals surface area contributed by atoms with Crippen molar-refractivity contribution in [1.29, 1.82) is 0 Å². The van der Waals surface area contributed by atoms with Crippen LogP contribution in [0.5, 0.6) is 11.5 Å². The Bertz CT molecular complexity index is 1850. The van der Waals surface area contributed by atoms with Crippen LogP contribution in [0.4, 0.5) is 5.69 Å². The van der Waals surface area contributed by atoms with Crippen molar-refractivity contribution < 1.29 is 33.8 Å². The van der Waals surface area contributed by atoms with E-state index in [1.165, 1.54) is 5.56 Å². The highest BCUT2D eigenvalue weighted by Gasteiger charge is 2.45. The predicted molar refractivity (Wildman–Crippen MR) is 205 cm³/mol. The zero-order valence-electron chi connectivity index (χ0n) is 31.0. The van der Waals surface area contributed by atoms with Gasteiger partial charge in [0.05, 0.1) is 23.6 Å². The van der Waals surface area contributed by atoms with E-state index in [1.54, 1.807) is 12.1 Å². The molecular formula is C42H49ClN4O7. The third kappa shape index (κ3) is 7.99. The number of nitrogens with one attached hydrogen (secondary N) is 1. The van der Waals surface area contributed by atoms with Gasteiger partial charge in [0.15, 0.2) is 0 Å². The second kappa shape index (κ2) is 16.1. The van der Waals surface area contributed by atoms with E-state index in [9.17, 15) is 24.3 Å². The molecule has 0 spiro atoms. The number of hydrogen-bond acceptors (Lipinski definition) is 9. The molecule has 0 radical (unpaired) electrons. The number of benzene rings is 3. The minimum atomic E-state index is -0.961. The molecule has 1 unspecified atom stereocenters. The molecule has 3 fully saturated rings. The molecule has 3 aromatic carbocycles. The average molecular weight is 757 g/mol. The van der Waals surface area contributed by atoms with Crippen molar-refractivity contribution in [3.63, 3.8) is 0 Å². The van der Waals surface area contributed by atoms with Gasteiger partial charge >= 0.3 is 0 Å². The Labute approximate surface area is 321 Å². The van der Waals surface area contributed by atoms with Crippen LogP contribution in [0.15, 0.2) is 66.7 Å². The largest absolute Gasteiger partial charge is 0.493 e. The maximum absolute atomic E-state index is 13.3. The van der Waals surface area contributed by atoms with Crippen LogP contribution in [0.2, 0.25) is 0 Å². The van der Waals surface area contributed by atoms with Crippen molar-refractivity contribution in [1.82, 2.24) is 15.1 Å². The number of piperidine rings is 3. The quantitative estimate of drug-likeness (QED) is 0.191. The summed E-state index contributed by atoms with van der Waals surface area (Å²) in [6.07, 6.45) is 3.80. The van der Waals surface area contributed by atoms with Crippen LogP contribution in [-0.2, 0) is 15.0 Å². The van der Waals surface area contributed by atoms with Crippen LogP contribution in [0.3, 0.4) is 0 Å². The van der Waals surface area contributed by atoms with Gasteiger partial charge in [0.1, 0.15) is 30.3 Å². The lowest BCUT2D eigenvalue weighted by molar-refractivity contribution is -0.136. The highest BCUT2D eigenvalue weighted by molar-refractivity contribution is 6.23. The molecule has 54 heavy (non-hydrogen) atoms. The molecule has 11 nitrogen and oxygen atoms in total. The molecule has 3 aromatic rings. The first kappa shape index (κ1) is 37.8. The van der Waals surface area contributed by atoms with Crippen LogP contribution in [0, 0.1) is 5.92 Å². The first-order valence-corrected chi connectivity index (χ1v) is 19.6. The van der Waals surface area contributed by atoms with E-state index in [0.717, 1.165) is 73.8 Å². The number of amides is 4. The topological polar surface area (TPSA) is 129 Å². The van der Waals surface area contributed by atoms with Crippen molar-refractivity contribution in [3.05, 3.63) is 89.0 Å². The number of nitrogens with zero attached hydrogens (tertiary/aromatic N) is 3. The standard InChI is InChI=1S/C42H49ClN4O7/c1-42(2,29-5-10-34(11-6-29)54-26-32(48)24-43)28-3-8-33(9-4-28)53-25-27-15-19-45(20-16-27)30-17-21-46(22-18-30)31-7-12-35-36(23-31)41(52)47(40(35)51)37-13-14-38(49)44-39(37)50/h3-12,23,27,30,32,37,48H,13-22,24-26H2,1-2H3,(H,44,49,50)/t32-,37?/m1/s1. The van der Waals surface area contributed by atoms with Gasteiger partial charge in [-0.2, -0.15) is 0 Å². The van der Waals surface area contributed by atoms with Crippen LogP contribution < -0.4 is 19.7 Å². The van der Waals surface area contributed by atoms with E-state index in [-0.39, 0.29) is 36.7 Å². The minimum Gasteiger partial charge on any atom is -0.493 e. The lowest BCUT2D eigenvalue weighted by Gasteiger charge is -2.42. The fourth-order valence-corrected chi connectivity index (χ4v) is 8.27. The van der Waals surface area contributed by atoms with Gasteiger partial charge in [-0.3, -0.25) is 29.4 Å². The molecule has 0 aromatic heterocycles. The normalized spacial score (nSPS) is 20.9. The summed E-state index contributed by atoms with van der Waals surface area (Å²) in [5, 5.41) is 11.9. The van der Waals surface area contributed by atoms with Crippen molar-refractivity contribution in [2.75, 3.05) is 50.2 Å². The number of anilines is 1. The molecule has 12 heteroatoms. The Hall–Kier alpha value is -4.45. The molecular weight excluding hydrogens is 708 g/mol. The van der Waals surface area contributed by atoms with Gasteiger partial charge < -0.3 is 24.4 Å². The maximum Gasteiger partial charge on any atom is 0.262 e. The highest BCUT2D eigenvalue weighted by atomic mass is 35.5. The Kier molecular flexibility index (Phi) is 11.3. The molecule has 0 bridgehead atoms. The Morgan fingerprint density at radius 3 is 2.02 bits per heavy atom. The fourth-order valence-electron chi connectivity index (χ4n) is 8.18. The number of halogens is 1. The molecule has 7 rings (SSSR count). The van der Waals surface area contributed by atoms with E-state index in [2.05, 4.69) is 65.4 Å². The predicted octanol–water partition coefficient (Wildman–Crippen LogP) is 5.15. The van der Waals surface area contributed by atoms with Gasteiger partial charge in [-0.05, 0) is 105 Å². The number of rotatable bonds is 12. The van der Waals surface area contributed by atoms with Gasteiger partial charge in [-0.15, -0.1) is 11.6 Å². The molecule has 4 aliphatic rings. The number of carbonyl (C=O) groups is 4. The zero-order chi connectivity index (χ0) is 38.0. The molecule has 4 aliphatic heterocycles. The second-order valence-corrected chi connectivity index (χ2v) is 15.8. The molecule has 286 valence electrons. The summed E-state index contributed by atoms with van der Waals surface area (Å²) in [7, 11) is 0. The summed E-state index contributed by atoms with van der Waals surface area (Å²) in [5.74, 6) is 0.301. The zero-order valence-corrected chi connectivity index (χ0v) is 31.7. The third-order valence-corrected chi connectivity index (χ3v) is 12.0. The fraction of sp³-hybridized carbons (Fsp3) is 0.476. The number of aliphatic hydroxyl groups excluding tert-OH is 1. The summed E-state index contributed by atoms with van der Waals surface area (Å²) in [4.78, 5) is 56.4. The van der Waals surface area contributed by atoms with E-state index >= 15 is 0 Å². The Morgan fingerprint density at radius 1 is 0.796 bits per heavy atom. The number of ether oxygens (including phenoxy) is 2. The first-order chi connectivity index (χ1) is 26.0. The lowest BCUT2D eigenvalue weighted by Crippen LogP contribution is -2.54. The van der Waals surface area contributed by atoms with Gasteiger partial charge in [-0.1, -0.05) is 38.1 Å². The number of likely N-dealkylation sites (tertiary alicyclic amines) is 1. The highest BCUT2D eigenvalue weighted by Crippen LogP contribution is 2.35. The number of fused-ring (bicyclic) bond motifs is 1. The molecule has 2 atom stereocenters. The summed E-state index contributed by atoms with van der Waals surface area (Å²) in [6, 6.07) is 21.3. The number of carbonyl (C=O) groups excluding carboxylic acids is 4. The number of aliphatic hydroxyl groups is 1.